The van der Waals surface area contributed by atoms with E-state index < -0.39 is 11.6 Å². The summed E-state index contributed by atoms with van der Waals surface area (Å²) in [6.45, 7) is 8.41. The first kappa shape index (κ1) is 22.0. The lowest BCUT2D eigenvalue weighted by molar-refractivity contribution is -0.140. The molecule has 0 unspecified atom stereocenters. The fourth-order valence-corrected chi connectivity index (χ4v) is 2.51. The summed E-state index contributed by atoms with van der Waals surface area (Å²) in [6.07, 6.45) is 3.35. The average molecular weight is 365 g/mol. The smallest absolute Gasteiger partial charge is 0.341 e. The molecule has 0 aliphatic carbocycles. The van der Waals surface area contributed by atoms with Crippen molar-refractivity contribution >= 4 is 17.6 Å². The van der Waals surface area contributed by atoms with Crippen molar-refractivity contribution in [1.82, 2.24) is 0 Å². The van der Waals surface area contributed by atoms with E-state index in [4.69, 9.17) is 14.2 Å². The molecular weight excluding hydrogens is 334 g/mol. The molecule has 0 spiro atoms. The summed E-state index contributed by atoms with van der Waals surface area (Å²) in [6, 6.07) is 4.90. The quantitative estimate of drug-likeness (QED) is 0.595. The molecule has 1 N–H and O–H groups in total. The molecule has 1 aromatic carbocycles. The Morgan fingerprint density at radius 1 is 1.15 bits per heavy atom. The molecular formula is C20H31NO5. The van der Waals surface area contributed by atoms with Crippen LogP contribution in [0.15, 0.2) is 18.2 Å². The summed E-state index contributed by atoms with van der Waals surface area (Å²) in [7, 11) is 1.48. The number of hydrogen-bond acceptors (Lipinski definition) is 5. The highest BCUT2D eigenvalue weighted by molar-refractivity contribution is 5.99. The van der Waals surface area contributed by atoms with Gasteiger partial charge in [0, 0.05) is 12.3 Å². The van der Waals surface area contributed by atoms with Crippen LogP contribution in [-0.4, -0.2) is 37.8 Å². The van der Waals surface area contributed by atoms with Crippen molar-refractivity contribution in [2.45, 2.75) is 59.0 Å². The van der Waals surface area contributed by atoms with E-state index in [0.717, 1.165) is 19.3 Å². The number of rotatable bonds is 11. The number of nitrogens with one attached hydrogen (secondary N) is 1. The SMILES string of the molecule is CCCC[C@@](C)(OCCC)C(=O)Nc1ccc(OC)c(C(=O)OCC)c1. The predicted octanol–water partition coefficient (Wildman–Crippen LogP) is 4.19. The van der Waals surface area contributed by atoms with Crippen LogP contribution in [0.3, 0.4) is 0 Å². The van der Waals surface area contributed by atoms with E-state index in [-0.39, 0.29) is 18.1 Å². The molecule has 26 heavy (non-hydrogen) atoms. The molecule has 1 rings (SSSR count). The second-order valence-corrected chi connectivity index (χ2v) is 6.27. The first-order chi connectivity index (χ1) is 12.4. The number of amides is 1. The number of methoxy groups -OCH3 is 1. The second kappa shape index (κ2) is 10.8. The van der Waals surface area contributed by atoms with Crippen LogP contribution in [0.25, 0.3) is 0 Å². The number of anilines is 1. The molecule has 1 amide bonds. The molecule has 1 aromatic rings. The van der Waals surface area contributed by atoms with E-state index in [1.807, 2.05) is 13.8 Å². The van der Waals surface area contributed by atoms with Crippen LogP contribution in [0.2, 0.25) is 0 Å². The maximum Gasteiger partial charge on any atom is 0.341 e. The van der Waals surface area contributed by atoms with E-state index in [1.54, 1.807) is 25.1 Å². The number of hydrogen-bond donors (Lipinski definition) is 1. The monoisotopic (exact) mass is 365 g/mol. The maximum absolute atomic E-state index is 12.8. The lowest BCUT2D eigenvalue weighted by Crippen LogP contribution is -2.43. The summed E-state index contributed by atoms with van der Waals surface area (Å²) < 4.78 is 16.1. The van der Waals surface area contributed by atoms with Gasteiger partial charge >= 0.3 is 5.97 Å². The van der Waals surface area contributed by atoms with Crippen molar-refractivity contribution in [3.63, 3.8) is 0 Å². The molecule has 6 nitrogen and oxygen atoms in total. The second-order valence-electron chi connectivity index (χ2n) is 6.27. The number of carbonyl (C=O) groups is 2. The summed E-state index contributed by atoms with van der Waals surface area (Å²) in [5.41, 5.74) is -0.130. The van der Waals surface area contributed by atoms with Gasteiger partial charge in [-0.3, -0.25) is 4.79 Å². The fraction of sp³-hybridized carbons (Fsp3) is 0.600. The Morgan fingerprint density at radius 2 is 1.88 bits per heavy atom. The summed E-state index contributed by atoms with van der Waals surface area (Å²) in [5.74, 6) is -0.312. The van der Waals surface area contributed by atoms with Gasteiger partial charge in [-0.05, 0) is 44.9 Å². The zero-order valence-corrected chi connectivity index (χ0v) is 16.5. The third-order valence-corrected chi connectivity index (χ3v) is 4.07. The van der Waals surface area contributed by atoms with Crippen molar-refractivity contribution in [1.29, 1.82) is 0 Å². The van der Waals surface area contributed by atoms with E-state index in [1.165, 1.54) is 7.11 Å². The number of unbranched alkanes of at least 4 members (excludes halogenated alkanes) is 1. The zero-order chi connectivity index (χ0) is 19.6. The van der Waals surface area contributed by atoms with E-state index in [9.17, 15) is 9.59 Å². The topological polar surface area (TPSA) is 73.9 Å². The minimum atomic E-state index is -0.907. The molecule has 0 aliphatic heterocycles. The molecule has 1 atom stereocenters. The Morgan fingerprint density at radius 3 is 2.46 bits per heavy atom. The van der Waals surface area contributed by atoms with Crippen molar-refractivity contribution in [3.8, 4) is 5.75 Å². The lowest BCUT2D eigenvalue weighted by atomic mass is 9.97. The Bertz CT molecular complexity index is 592. The van der Waals surface area contributed by atoms with E-state index in [2.05, 4.69) is 12.2 Å². The van der Waals surface area contributed by atoms with Crippen LogP contribution in [0.4, 0.5) is 5.69 Å². The third-order valence-electron chi connectivity index (χ3n) is 4.07. The average Bonchev–Trinajstić information content (AvgIpc) is 2.64. The van der Waals surface area contributed by atoms with Crippen molar-refractivity contribution in [3.05, 3.63) is 23.8 Å². The Balaban J connectivity index is 3.01. The van der Waals surface area contributed by atoms with Gasteiger partial charge in [0.1, 0.15) is 16.9 Å². The molecule has 0 aromatic heterocycles. The predicted molar refractivity (Wildman–Crippen MR) is 102 cm³/mol. The first-order valence-corrected chi connectivity index (χ1v) is 9.22. The highest BCUT2D eigenvalue weighted by Crippen LogP contribution is 2.26. The van der Waals surface area contributed by atoms with Crippen LogP contribution in [0.5, 0.6) is 5.75 Å². The van der Waals surface area contributed by atoms with E-state index >= 15 is 0 Å². The van der Waals surface area contributed by atoms with Crippen molar-refractivity contribution < 1.29 is 23.8 Å². The fourth-order valence-electron chi connectivity index (χ4n) is 2.51. The molecule has 0 heterocycles. The highest BCUT2D eigenvalue weighted by Gasteiger charge is 2.33. The molecule has 0 saturated carbocycles. The zero-order valence-electron chi connectivity index (χ0n) is 16.5. The molecule has 6 heteroatoms. The van der Waals surface area contributed by atoms with Gasteiger partial charge in [0.15, 0.2) is 0 Å². The molecule has 0 saturated heterocycles. The summed E-state index contributed by atoms with van der Waals surface area (Å²) in [5, 5.41) is 2.86. The van der Waals surface area contributed by atoms with Crippen LogP contribution < -0.4 is 10.1 Å². The normalized spacial score (nSPS) is 13.0. The summed E-state index contributed by atoms with van der Waals surface area (Å²) in [4.78, 5) is 24.9. The van der Waals surface area contributed by atoms with Gasteiger partial charge in [0.2, 0.25) is 0 Å². The standard InChI is InChI=1S/C20H31NO5/c1-6-9-12-20(4,26-13-7-2)19(23)21-15-10-11-17(24-5)16(14-15)18(22)25-8-3/h10-11,14H,6-9,12-13H2,1-5H3,(H,21,23)/t20-/m1/s1. The molecule has 0 radical (unpaired) electrons. The van der Waals surface area contributed by atoms with Crippen LogP contribution >= 0.6 is 0 Å². The van der Waals surface area contributed by atoms with Gasteiger partial charge in [-0.25, -0.2) is 4.79 Å². The molecule has 146 valence electrons. The minimum absolute atomic E-state index is 0.223. The Hall–Kier alpha value is -2.08. The molecule has 0 bridgehead atoms. The Labute approximate surface area is 156 Å². The van der Waals surface area contributed by atoms with Gasteiger partial charge in [0.25, 0.3) is 5.91 Å². The van der Waals surface area contributed by atoms with Gasteiger partial charge in [-0.2, -0.15) is 0 Å². The third kappa shape index (κ3) is 6.02. The van der Waals surface area contributed by atoms with Crippen LogP contribution in [0, 0.1) is 0 Å². The number of carbonyl (C=O) groups excluding carboxylic acids is 2. The van der Waals surface area contributed by atoms with Gasteiger partial charge in [-0.1, -0.05) is 26.7 Å². The molecule has 0 fully saturated rings. The van der Waals surface area contributed by atoms with Crippen LogP contribution in [-0.2, 0) is 14.3 Å². The largest absolute Gasteiger partial charge is 0.496 e. The van der Waals surface area contributed by atoms with E-state index in [0.29, 0.717) is 24.5 Å². The van der Waals surface area contributed by atoms with Crippen LogP contribution in [0.1, 0.15) is 63.7 Å². The van der Waals surface area contributed by atoms with Gasteiger partial charge < -0.3 is 19.5 Å². The highest BCUT2D eigenvalue weighted by atomic mass is 16.5. The first-order valence-electron chi connectivity index (χ1n) is 9.22. The minimum Gasteiger partial charge on any atom is -0.496 e. The van der Waals surface area contributed by atoms with Gasteiger partial charge in [0.05, 0.1) is 13.7 Å². The number of esters is 1. The summed E-state index contributed by atoms with van der Waals surface area (Å²) >= 11 is 0. The lowest BCUT2D eigenvalue weighted by Gasteiger charge is -2.28. The maximum atomic E-state index is 12.8. The van der Waals surface area contributed by atoms with Crippen molar-refractivity contribution in [2.24, 2.45) is 0 Å². The van der Waals surface area contributed by atoms with Gasteiger partial charge in [-0.15, -0.1) is 0 Å². The number of benzene rings is 1. The number of ether oxygens (including phenoxy) is 3. The van der Waals surface area contributed by atoms with Crippen molar-refractivity contribution in [2.75, 3.05) is 25.6 Å². The Kier molecular flexibility index (Phi) is 9.13. The molecule has 0 aliphatic rings.